The molecule has 1 aromatic rings. The molecule has 0 bridgehead atoms. The molecule has 0 fully saturated rings. The van der Waals surface area contributed by atoms with Crippen LogP contribution in [0.25, 0.3) is 0 Å². The van der Waals surface area contributed by atoms with E-state index >= 15 is 0 Å². The van der Waals surface area contributed by atoms with E-state index in [9.17, 15) is 0 Å². The van der Waals surface area contributed by atoms with Crippen molar-refractivity contribution >= 4 is 5.69 Å². The molecule has 1 aliphatic rings. The topological polar surface area (TPSA) is 3.24 Å². The molecule has 0 aliphatic heterocycles. The zero-order chi connectivity index (χ0) is 10.7. The Labute approximate surface area is 92.4 Å². The summed E-state index contributed by atoms with van der Waals surface area (Å²) in [6.45, 7) is 6.59. The van der Waals surface area contributed by atoms with Gasteiger partial charge in [-0.2, -0.15) is 0 Å². The van der Waals surface area contributed by atoms with Crippen LogP contribution in [-0.4, -0.2) is 13.1 Å². The summed E-state index contributed by atoms with van der Waals surface area (Å²) in [6, 6.07) is 6.59. The van der Waals surface area contributed by atoms with E-state index in [2.05, 4.69) is 55.5 Å². The third kappa shape index (κ3) is 1.92. The average molecular weight is 200 g/mol. The van der Waals surface area contributed by atoms with Gasteiger partial charge in [-0.05, 0) is 37.5 Å². The van der Waals surface area contributed by atoms with Gasteiger partial charge in [-0.1, -0.05) is 24.3 Å². The molecule has 0 saturated heterocycles. The molecule has 0 unspecified atom stereocenters. The lowest BCUT2D eigenvalue weighted by Gasteiger charge is -2.26. The van der Waals surface area contributed by atoms with E-state index in [1.165, 1.54) is 16.8 Å². The highest BCUT2D eigenvalue weighted by Gasteiger charge is 2.12. The molecule has 0 amide bonds. The van der Waals surface area contributed by atoms with Crippen molar-refractivity contribution in [1.29, 1.82) is 0 Å². The van der Waals surface area contributed by atoms with Crippen molar-refractivity contribution in [2.75, 3.05) is 18.0 Å². The molecule has 1 aliphatic carbocycles. The van der Waals surface area contributed by atoms with E-state index < -0.39 is 0 Å². The third-order valence-electron chi connectivity index (χ3n) is 3.03. The molecule has 1 aromatic carbocycles. The first kappa shape index (κ1) is 10.3. The molecule has 1 heteroatoms. The zero-order valence-electron chi connectivity index (χ0n) is 9.53. The van der Waals surface area contributed by atoms with Gasteiger partial charge in [0, 0.05) is 25.2 Å². The molecule has 1 radical (unpaired) electrons. The summed E-state index contributed by atoms with van der Waals surface area (Å²) in [5.74, 6) is 0. The Kier molecular flexibility index (Phi) is 3.10. The highest BCUT2D eigenvalue weighted by atomic mass is 15.1. The van der Waals surface area contributed by atoms with Gasteiger partial charge in [-0.25, -0.2) is 0 Å². The smallest absolute Gasteiger partial charge is 0.0404 e. The molecule has 0 spiro atoms. The molecule has 0 N–H and O–H groups in total. The van der Waals surface area contributed by atoms with Crippen LogP contribution in [-0.2, 0) is 6.42 Å². The van der Waals surface area contributed by atoms with Crippen LogP contribution in [0.5, 0.6) is 0 Å². The van der Waals surface area contributed by atoms with Gasteiger partial charge in [-0.3, -0.25) is 0 Å². The van der Waals surface area contributed by atoms with Gasteiger partial charge < -0.3 is 4.90 Å². The second kappa shape index (κ2) is 4.52. The van der Waals surface area contributed by atoms with Crippen molar-refractivity contribution in [1.82, 2.24) is 0 Å². The summed E-state index contributed by atoms with van der Waals surface area (Å²) in [5.41, 5.74) is 4.25. The molecule has 79 valence electrons. The summed E-state index contributed by atoms with van der Waals surface area (Å²) in [5, 5.41) is 0. The monoisotopic (exact) mass is 200 g/mol. The number of allylic oxidation sites excluding steroid dienone is 2. The normalized spacial score (nSPS) is 13.7. The minimum atomic E-state index is 1.07. The van der Waals surface area contributed by atoms with Crippen molar-refractivity contribution in [3.8, 4) is 0 Å². The molecule has 0 saturated carbocycles. The van der Waals surface area contributed by atoms with Gasteiger partial charge in [0.15, 0.2) is 0 Å². The van der Waals surface area contributed by atoms with Crippen LogP contribution >= 0.6 is 0 Å². The van der Waals surface area contributed by atoms with E-state index in [0.29, 0.717) is 0 Å². The predicted molar refractivity (Wildman–Crippen MR) is 66.2 cm³/mol. The molecule has 0 heterocycles. The fourth-order valence-electron chi connectivity index (χ4n) is 2.19. The SMILES string of the molecule is CCN(CC)c1cccc2c1CC=C[CH]2. The second-order valence-electron chi connectivity index (χ2n) is 3.82. The minimum absolute atomic E-state index is 1.07. The van der Waals surface area contributed by atoms with Crippen LogP contribution in [0.1, 0.15) is 25.0 Å². The summed E-state index contributed by atoms with van der Waals surface area (Å²) in [7, 11) is 0. The predicted octanol–water partition coefficient (Wildman–Crippen LogP) is 3.20. The van der Waals surface area contributed by atoms with Gasteiger partial charge in [-0.15, -0.1) is 0 Å². The Morgan fingerprint density at radius 1 is 1.20 bits per heavy atom. The Balaban J connectivity index is 2.40. The average Bonchev–Trinajstić information content (AvgIpc) is 2.31. The molecule has 1 nitrogen and oxygen atoms in total. The summed E-state index contributed by atoms with van der Waals surface area (Å²) < 4.78 is 0. The van der Waals surface area contributed by atoms with Crippen molar-refractivity contribution in [3.63, 3.8) is 0 Å². The number of anilines is 1. The van der Waals surface area contributed by atoms with E-state index in [4.69, 9.17) is 0 Å². The highest BCUT2D eigenvalue weighted by molar-refractivity contribution is 5.61. The zero-order valence-corrected chi connectivity index (χ0v) is 9.53. The summed E-state index contributed by atoms with van der Waals surface area (Å²) >= 11 is 0. The second-order valence-corrected chi connectivity index (χ2v) is 3.82. The van der Waals surface area contributed by atoms with Gasteiger partial charge in [0.25, 0.3) is 0 Å². The molecular formula is C14H18N. The van der Waals surface area contributed by atoms with Crippen LogP contribution in [0.2, 0.25) is 0 Å². The van der Waals surface area contributed by atoms with E-state index in [1.807, 2.05) is 0 Å². The minimum Gasteiger partial charge on any atom is -0.372 e. The first-order chi connectivity index (χ1) is 7.36. The van der Waals surface area contributed by atoms with Crippen molar-refractivity contribution < 1.29 is 0 Å². The number of nitrogens with zero attached hydrogens (tertiary/aromatic N) is 1. The summed E-state index contributed by atoms with van der Waals surface area (Å²) in [4.78, 5) is 2.42. The summed E-state index contributed by atoms with van der Waals surface area (Å²) in [6.07, 6.45) is 7.65. The van der Waals surface area contributed by atoms with Crippen molar-refractivity contribution in [3.05, 3.63) is 47.9 Å². The Bertz CT molecular complexity index is 362. The quantitative estimate of drug-likeness (QED) is 0.724. The lowest BCUT2D eigenvalue weighted by Crippen LogP contribution is -2.23. The number of hydrogen-bond donors (Lipinski definition) is 0. The van der Waals surface area contributed by atoms with Crippen LogP contribution in [0, 0.1) is 6.42 Å². The molecule has 2 rings (SSSR count). The maximum atomic E-state index is 2.42. The van der Waals surface area contributed by atoms with Gasteiger partial charge in [0.05, 0.1) is 0 Å². The molecule has 15 heavy (non-hydrogen) atoms. The Morgan fingerprint density at radius 2 is 2.00 bits per heavy atom. The fraction of sp³-hybridized carbons (Fsp3) is 0.357. The van der Waals surface area contributed by atoms with Crippen LogP contribution in [0.15, 0.2) is 30.4 Å². The highest BCUT2D eigenvalue weighted by Crippen LogP contribution is 2.28. The standard InChI is InChI=1S/C14H18N/c1-3-15(4-2)14-11-7-9-12-8-5-6-10-13(12)14/h5-9,11H,3-4,10H2,1-2H3. The number of rotatable bonds is 3. The van der Waals surface area contributed by atoms with E-state index in [1.54, 1.807) is 0 Å². The maximum absolute atomic E-state index is 2.42. The Morgan fingerprint density at radius 3 is 2.73 bits per heavy atom. The van der Waals surface area contributed by atoms with Crippen LogP contribution in [0.3, 0.4) is 0 Å². The van der Waals surface area contributed by atoms with Crippen molar-refractivity contribution in [2.24, 2.45) is 0 Å². The first-order valence-corrected chi connectivity index (χ1v) is 5.73. The molecular weight excluding hydrogens is 182 g/mol. The van der Waals surface area contributed by atoms with Gasteiger partial charge >= 0.3 is 0 Å². The van der Waals surface area contributed by atoms with Gasteiger partial charge in [0.1, 0.15) is 0 Å². The third-order valence-corrected chi connectivity index (χ3v) is 3.03. The van der Waals surface area contributed by atoms with Crippen LogP contribution < -0.4 is 4.90 Å². The van der Waals surface area contributed by atoms with E-state index in [0.717, 1.165) is 19.5 Å². The number of fused-ring (bicyclic) bond motifs is 1. The number of hydrogen-bond acceptors (Lipinski definition) is 1. The number of benzene rings is 1. The van der Waals surface area contributed by atoms with Crippen LogP contribution in [0.4, 0.5) is 5.69 Å². The maximum Gasteiger partial charge on any atom is 0.0404 e. The van der Waals surface area contributed by atoms with Gasteiger partial charge in [0.2, 0.25) is 0 Å². The first-order valence-electron chi connectivity index (χ1n) is 5.73. The Hall–Kier alpha value is -1.24. The molecule has 0 aromatic heterocycles. The van der Waals surface area contributed by atoms with E-state index in [-0.39, 0.29) is 0 Å². The fourth-order valence-corrected chi connectivity index (χ4v) is 2.19. The largest absolute Gasteiger partial charge is 0.372 e. The molecule has 0 atom stereocenters. The lowest BCUT2D eigenvalue weighted by atomic mass is 9.94. The lowest BCUT2D eigenvalue weighted by molar-refractivity contribution is 0.857. The van der Waals surface area contributed by atoms with Crippen molar-refractivity contribution in [2.45, 2.75) is 20.3 Å².